The van der Waals surface area contributed by atoms with E-state index in [4.69, 9.17) is 10.5 Å². The fraction of sp³-hybridized carbons (Fsp3) is 0.727. The Bertz CT molecular complexity index is 257. The van der Waals surface area contributed by atoms with Crippen molar-refractivity contribution in [2.75, 3.05) is 26.3 Å². The van der Waals surface area contributed by atoms with E-state index in [0.717, 1.165) is 32.5 Å². The largest absolute Gasteiger partial charge is 0.380 e. The summed E-state index contributed by atoms with van der Waals surface area (Å²) in [7, 11) is 0. The zero-order valence-electron chi connectivity index (χ0n) is 8.89. The Labute approximate surface area is 90.1 Å². The zero-order chi connectivity index (χ0) is 10.7. The van der Waals surface area contributed by atoms with Crippen molar-refractivity contribution in [3.63, 3.8) is 0 Å². The summed E-state index contributed by atoms with van der Waals surface area (Å²) in [5.74, 6) is 0.211. The number of nitrogens with zero attached hydrogens (tertiary/aromatic N) is 1. The maximum Gasteiger partial charge on any atom is 0.229 e. The molecule has 2 unspecified atom stereocenters. The Hall–Kier alpha value is -0.870. The van der Waals surface area contributed by atoms with Crippen LogP contribution in [-0.4, -0.2) is 43.2 Å². The molecule has 2 N–H and O–H groups in total. The summed E-state index contributed by atoms with van der Waals surface area (Å²) in [6, 6.07) is 0.0576. The molecular weight excluding hydrogens is 192 g/mol. The van der Waals surface area contributed by atoms with Gasteiger partial charge in [-0.05, 0) is 12.8 Å². The highest BCUT2D eigenvalue weighted by molar-refractivity contribution is 5.81. The Morgan fingerprint density at radius 2 is 2.20 bits per heavy atom. The van der Waals surface area contributed by atoms with E-state index < -0.39 is 0 Å². The van der Waals surface area contributed by atoms with E-state index in [-0.39, 0.29) is 17.9 Å². The average Bonchev–Trinajstić information content (AvgIpc) is 2.53. The molecule has 84 valence electrons. The number of carbonyl (C=O) groups excluding carboxylic acids is 1. The van der Waals surface area contributed by atoms with Crippen molar-refractivity contribution in [2.45, 2.75) is 18.9 Å². The lowest BCUT2D eigenvalue weighted by Crippen LogP contribution is -2.37. The van der Waals surface area contributed by atoms with Crippen LogP contribution in [0.25, 0.3) is 0 Å². The number of carbonyl (C=O) groups is 1. The van der Waals surface area contributed by atoms with Gasteiger partial charge in [0.2, 0.25) is 5.91 Å². The topological polar surface area (TPSA) is 55.6 Å². The normalized spacial score (nSPS) is 31.7. The predicted molar refractivity (Wildman–Crippen MR) is 57.2 cm³/mol. The van der Waals surface area contributed by atoms with Crippen molar-refractivity contribution in [3.8, 4) is 0 Å². The first kappa shape index (κ1) is 10.6. The molecular formula is C11H18N2O2. The fourth-order valence-electron chi connectivity index (χ4n) is 2.11. The SMILES string of the molecule is NC1C=CC(C(=O)N2CCCOCC2)C1. The second-order valence-corrected chi connectivity index (χ2v) is 4.18. The quantitative estimate of drug-likeness (QED) is 0.626. The van der Waals surface area contributed by atoms with Crippen molar-refractivity contribution in [1.82, 2.24) is 4.90 Å². The molecule has 2 atom stereocenters. The van der Waals surface area contributed by atoms with E-state index >= 15 is 0 Å². The van der Waals surface area contributed by atoms with E-state index in [9.17, 15) is 4.79 Å². The van der Waals surface area contributed by atoms with E-state index in [1.807, 2.05) is 17.1 Å². The summed E-state index contributed by atoms with van der Waals surface area (Å²) >= 11 is 0. The molecule has 15 heavy (non-hydrogen) atoms. The summed E-state index contributed by atoms with van der Waals surface area (Å²) in [6.07, 6.45) is 5.57. The van der Waals surface area contributed by atoms with Crippen LogP contribution in [0.3, 0.4) is 0 Å². The van der Waals surface area contributed by atoms with Crippen molar-refractivity contribution < 1.29 is 9.53 Å². The molecule has 2 rings (SSSR count). The van der Waals surface area contributed by atoms with Gasteiger partial charge < -0.3 is 15.4 Å². The molecule has 0 aromatic rings. The highest BCUT2D eigenvalue weighted by atomic mass is 16.5. The Kier molecular flexibility index (Phi) is 3.38. The number of amides is 1. The molecule has 0 radical (unpaired) electrons. The van der Waals surface area contributed by atoms with Gasteiger partial charge in [-0.3, -0.25) is 4.79 Å². The maximum absolute atomic E-state index is 12.1. The van der Waals surface area contributed by atoms with Gasteiger partial charge in [0, 0.05) is 25.7 Å². The minimum absolute atomic E-state index is 0.00176. The molecule has 1 fully saturated rings. The van der Waals surface area contributed by atoms with Gasteiger partial charge in [-0.2, -0.15) is 0 Å². The lowest BCUT2D eigenvalue weighted by Gasteiger charge is -2.22. The van der Waals surface area contributed by atoms with E-state index in [2.05, 4.69) is 0 Å². The summed E-state index contributed by atoms with van der Waals surface area (Å²) in [6.45, 7) is 2.97. The lowest BCUT2D eigenvalue weighted by atomic mass is 10.1. The summed E-state index contributed by atoms with van der Waals surface area (Å²) in [5.41, 5.74) is 5.74. The molecule has 0 aromatic heterocycles. The van der Waals surface area contributed by atoms with Gasteiger partial charge in [0.1, 0.15) is 0 Å². The highest BCUT2D eigenvalue weighted by Crippen LogP contribution is 2.19. The van der Waals surface area contributed by atoms with Crippen LogP contribution in [0.15, 0.2) is 12.2 Å². The van der Waals surface area contributed by atoms with E-state index in [1.54, 1.807) is 0 Å². The van der Waals surface area contributed by atoms with Crippen LogP contribution in [0.4, 0.5) is 0 Å². The Morgan fingerprint density at radius 3 is 2.93 bits per heavy atom. The Balaban J connectivity index is 1.91. The third-order valence-electron chi connectivity index (χ3n) is 2.97. The van der Waals surface area contributed by atoms with Crippen LogP contribution in [0, 0.1) is 5.92 Å². The highest BCUT2D eigenvalue weighted by Gasteiger charge is 2.27. The van der Waals surface area contributed by atoms with Crippen LogP contribution in [0.1, 0.15) is 12.8 Å². The zero-order valence-corrected chi connectivity index (χ0v) is 8.89. The fourth-order valence-corrected chi connectivity index (χ4v) is 2.11. The molecule has 1 aliphatic heterocycles. The summed E-state index contributed by atoms with van der Waals surface area (Å²) in [5, 5.41) is 0. The molecule has 0 bridgehead atoms. The second-order valence-electron chi connectivity index (χ2n) is 4.18. The van der Waals surface area contributed by atoms with Gasteiger partial charge in [0.25, 0.3) is 0 Å². The molecule has 1 saturated heterocycles. The predicted octanol–water partition coefficient (Wildman–Crippen LogP) is 0.139. The van der Waals surface area contributed by atoms with E-state index in [1.165, 1.54) is 0 Å². The third-order valence-corrected chi connectivity index (χ3v) is 2.97. The smallest absolute Gasteiger partial charge is 0.229 e. The van der Waals surface area contributed by atoms with Crippen LogP contribution >= 0.6 is 0 Å². The van der Waals surface area contributed by atoms with Gasteiger partial charge in [-0.25, -0.2) is 0 Å². The first-order chi connectivity index (χ1) is 7.27. The molecule has 0 aromatic carbocycles. The van der Waals surface area contributed by atoms with Gasteiger partial charge in [0.05, 0.1) is 12.5 Å². The monoisotopic (exact) mass is 210 g/mol. The number of hydrogen-bond donors (Lipinski definition) is 1. The van der Waals surface area contributed by atoms with Gasteiger partial charge >= 0.3 is 0 Å². The molecule has 0 spiro atoms. The van der Waals surface area contributed by atoms with Crippen molar-refractivity contribution in [3.05, 3.63) is 12.2 Å². The summed E-state index contributed by atoms with van der Waals surface area (Å²) < 4.78 is 5.32. The Morgan fingerprint density at radius 1 is 1.33 bits per heavy atom. The average molecular weight is 210 g/mol. The molecule has 1 aliphatic carbocycles. The van der Waals surface area contributed by atoms with Crippen LogP contribution < -0.4 is 5.73 Å². The summed E-state index contributed by atoms with van der Waals surface area (Å²) in [4.78, 5) is 14.0. The third kappa shape index (κ3) is 2.58. The van der Waals surface area contributed by atoms with Crippen molar-refractivity contribution >= 4 is 5.91 Å². The van der Waals surface area contributed by atoms with Crippen LogP contribution in [0.2, 0.25) is 0 Å². The lowest BCUT2D eigenvalue weighted by molar-refractivity contribution is -0.134. The van der Waals surface area contributed by atoms with Crippen molar-refractivity contribution in [1.29, 1.82) is 0 Å². The number of rotatable bonds is 1. The number of nitrogens with two attached hydrogens (primary N) is 1. The second kappa shape index (κ2) is 4.77. The molecule has 0 saturated carbocycles. The maximum atomic E-state index is 12.1. The van der Waals surface area contributed by atoms with Gasteiger partial charge in [-0.1, -0.05) is 12.2 Å². The van der Waals surface area contributed by atoms with Crippen molar-refractivity contribution in [2.24, 2.45) is 11.7 Å². The molecule has 2 aliphatic rings. The van der Waals surface area contributed by atoms with Crippen LogP contribution in [-0.2, 0) is 9.53 Å². The van der Waals surface area contributed by atoms with Crippen LogP contribution in [0.5, 0.6) is 0 Å². The molecule has 1 heterocycles. The minimum Gasteiger partial charge on any atom is -0.380 e. The number of ether oxygens (including phenoxy) is 1. The first-order valence-electron chi connectivity index (χ1n) is 5.58. The minimum atomic E-state index is -0.00176. The molecule has 1 amide bonds. The van der Waals surface area contributed by atoms with Gasteiger partial charge in [0.15, 0.2) is 0 Å². The molecule has 4 heteroatoms. The first-order valence-corrected chi connectivity index (χ1v) is 5.58. The number of hydrogen-bond acceptors (Lipinski definition) is 3. The van der Waals surface area contributed by atoms with Gasteiger partial charge in [-0.15, -0.1) is 0 Å². The van der Waals surface area contributed by atoms with E-state index in [0.29, 0.717) is 6.61 Å². The standard InChI is InChI=1S/C11H18N2O2/c12-10-3-2-9(8-10)11(14)13-4-1-6-15-7-5-13/h2-3,9-10H,1,4-8,12H2. The molecule has 4 nitrogen and oxygen atoms in total.